The molecule has 0 heterocycles. The lowest BCUT2D eigenvalue weighted by atomic mass is 10.2. The van der Waals surface area contributed by atoms with Crippen LogP contribution in [0, 0.1) is 27.2 Å². The molecule has 0 aliphatic rings. The maximum Gasteiger partial charge on any atom is 0.299 e. The molecule has 0 aliphatic carbocycles. The Hall–Kier alpha value is -3.05. The fraction of sp³-hybridized carbons (Fsp3) is 0.0769. The molecule has 11 heteroatoms. The van der Waals surface area contributed by atoms with E-state index < -0.39 is 36.2 Å². The SMILES string of the molecule is Cc1ccc(Nc2ccc([N+](=O)[O-])cc2[N+](=O)[O-])c(S(=O)(=O)O)c1. The van der Waals surface area contributed by atoms with Gasteiger partial charge < -0.3 is 5.32 Å². The molecule has 0 spiro atoms. The first-order valence-corrected chi connectivity index (χ1v) is 7.81. The van der Waals surface area contributed by atoms with Crippen LogP contribution < -0.4 is 5.32 Å². The van der Waals surface area contributed by atoms with Crippen molar-refractivity contribution in [3.63, 3.8) is 0 Å². The van der Waals surface area contributed by atoms with E-state index in [4.69, 9.17) is 0 Å². The molecule has 2 aromatic rings. The third-order valence-corrected chi connectivity index (χ3v) is 3.97. The van der Waals surface area contributed by atoms with Crippen LogP contribution in [0.2, 0.25) is 0 Å². The molecule has 2 rings (SSSR count). The largest absolute Gasteiger partial charge is 0.349 e. The normalized spacial score (nSPS) is 11.1. The molecule has 0 saturated carbocycles. The average molecular weight is 353 g/mol. The summed E-state index contributed by atoms with van der Waals surface area (Å²) in [5.74, 6) is 0. The summed E-state index contributed by atoms with van der Waals surface area (Å²) in [5, 5.41) is 24.3. The summed E-state index contributed by atoms with van der Waals surface area (Å²) in [6.07, 6.45) is 0. The predicted octanol–water partition coefficient (Wildman–Crippen LogP) is 2.80. The number of nitro groups is 2. The molecule has 0 atom stereocenters. The van der Waals surface area contributed by atoms with Crippen molar-refractivity contribution in [3.05, 3.63) is 62.2 Å². The highest BCUT2D eigenvalue weighted by atomic mass is 32.2. The number of nitro benzene ring substituents is 2. The van der Waals surface area contributed by atoms with Crippen molar-refractivity contribution in [1.29, 1.82) is 0 Å². The molecule has 2 N–H and O–H groups in total. The van der Waals surface area contributed by atoms with Gasteiger partial charge in [0.05, 0.1) is 21.6 Å². The molecule has 24 heavy (non-hydrogen) atoms. The van der Waals surface area contributed by atoms with Gasteiger partial charge >= 0.3 is 0 Å². The molecule has 0 fully saturated rings. The fourth-order valence-electron chi connectivity index (χ4n) is 1.98. The smallest absolute Gasteiger partial charge is 0.299 e. The van der Waals surface area contributed by atoms with Crippen LogP contribution in [0.15, 0.2) is 41.3 Å². The van der Waals surface area contributed by atoms with Crippen molar-refractivity contribution in [2.75, 3.05) is 5.32 Å². The first-order chi connectivity index (χ1) is 11.1. The van der Waals surface area contributed by atoms with Crippen LogP contribution in [0.3, 0.4) is 0 Å². The lowest BCUT2D eigenvalue weighted by molar-refractivity contribution is -0.393. The molecule has 10 nitrogen and oxygen atoms in total. The van der Waals surface area contributed by atoms with E-state index in [9.17, 15) is 33.2 Å². The standard InChI is InChI=1S/C13H11N3O7S/c1-8-2-4-11(13(6-8)24(21,22)23)14-10-5-3-9(15(17)18)7-12(10)16(19)20/h2-7,14H,1H3,(H,21,22,23). The minimum atomic E-state index is -4.57. The molecule has 0 aromatic heterocycles. The van der Waals surface area contributed by atoms with Gasteiger partial charge in [-0.2, -0.15) is 8.42 Å². The zero-order valence-corrected chi connectivity index (χ0v) is 13.0. The van der Waals surface area contributed by atoms with Crippen LogP contribution in [0.25, 0.3) is 0 Å². The van der Waals surface area contributed by atoms with E-state index in [0.29, 0.717) is 5.56 Å². The highest BCUT2D eigenvalue weighted by Crippen LogP contribution is 2.33. The van der Waals surface area contributed by atoms with Crippen LogP contribution in [-0.2, 0) is 10.1 Å². The van der Waals surface area contributed by atoms with Gasteiger partial charge in [-0.15, -0.1) is 0 Å². The molecule has 0 aliphatic heterocycles. The first kappa shape index (κ1) is 17.3. The second kappa shape index (κ2) is 6.22. The van der Waals surface area contributed by atoms with E-state index in [-0.39, 0.29) is 11.4 Å². The van der Waals surface area contributed by atoms with Crippen molar-refractivity contribution < 1.29 is 22.8 Å². The summed E-state index contributed by atoms with van der Waals surface area (Å²) in [6, 6.07) is 6.93. The minimum Gasteiger partial charge on any atom is -0.349 e. The molecular weight excluding hydrogens is 342 g/mol. The van der Waals surface area contributed by atoms with E-state index in [2.05, 4.69) is 5.32 Å². The van der Waals surface area contributed by atoms with Gasteiger partial charge in [-0.05, 0) is 30.7 Å². The first-order valence-electron chi connectivity index (χ1n) is 6.37. The van der Waals surface area contributed by atoms with Crippen molar-refractivity contribution >= 4 is 32.9 Å². The Morgan fingerprint density at radius 2 is 1.62 bits per heavy atom. The topological polar surface area (TPSA) is 153 Å². The van der Waals surface area contributed by atoms with Gasteiger partial charge in [0.2, 0.25) is 0 Å². The second-order valence-electron chi connectivity index (χ2n) is 4.82. The van der Waals surface area contributed by atoms with E-state index in [0.717, 1.165) is 18.2 Å². The van der Waals surface area contributed by atoms with Crippen LogP contribution in [-0.4, -0.2) is 22.8 Å². The number of rotatable bonds is 5. The molecule has 2 aromatic carbocycles. The van der Waals surface area contributed by atoms with Gasteiger partial charge in [-0.1, -0.05) is 6.07 Å². The van der Waals surface area contributed by atoms with Gasteiger partial charge in [0, 0.05) is 6.07 Å². The Morgan fingerprint density at radius 1 is 1.00 bits per heavy atom. The molecular formula is C13H11N3O7S. The van der Waals surface area contributed by atoms with Crippen molar-refractivity contribution in [3.8, 4) is 0 Å². The number of hydrogen-bond donors (Lipinski definition) is 2. The molecule has 0 radical (unpaired) electrons. The summed E-state index contributed by atoms with van der Waals surface area (Å²) in [6.45, 7) is 1.60. The van der Waals surface area contributed by atoms with Crippen molar-refractivity contribution in [2.45, 2.75) is 11.8 Å². The Morgan fingerprint density at radius 3 is 2.17 bits per heavy atom. The van der Waals surface area contributed by atoms with E-state index >= 15 is 0 Å². The number of hydrogen-bond acceptors (Lipinski definition) is 7. The van der Waals surface area contributed by atoms with Gasteiger partial charge in [-0.3, -0.25) is 24.8 Å². The fourth-order valence-corrected chi connectivity index (χ4v) is 2.71. The van der Waals surface area contributed by atoms with E-state index in [1.165, 1.54) is 18.2 Å². The van der Waals surface area contributed by atoms with Crippen molar-refractivity contribution in [2.24, 2.45) is 0 Å². The Labute approximate surface area is 135 Å². The molecule has 0 saturated heterocycles. The number of nitrogens with one attached hydrogen (secondary N) is 1. The van der Waals surface area contributed by atoms with Gasteiger partial charge in [0.1, 0.15) is 10.6 Å². The third kappa shape index (κ3) is 3.64. The molecule has 0 unspecified atom stereocenters. The number of anilines is 2. The number of benzene rings is 2. The molecule has 0 amide bonds. The van der Waals surface area contributed by atoms with Crippen LogP contribution in [0.5, 0.6) is 0 Å². The lowest BCUT2D eigenvalue weighted by Gasteiger charge is -2.11. The summed E-state index contributed by atoms with van der Waals surface area (Å²) in [7, 11) is -4.57. The maximum atomic E-state index is 11.5. The minimum absolute atomic E-state index is 0.0972. The highest BCUT2D eigenvalue weighted by molar-refractivity contribution is 7.86. The summed E-state index contributed by atoms with van der Waals surface area (Å²) in [5.41, 5.74) is -0.789. The quantitative estimate of drug-likeness (QED) is 0.472. The Kier molecular flexibility index (Phi) is 4.48. The zero-order chi connectivity index (χ0) is 18.1. The Balaban J connectivity index is 2.57. The third-order valence-electron chi connectivity index (χ3n) is 3.07. The number of non-ortho nitro benzene ring substituents is 1. The zero-order valence-electron chi connectivity index (χ0n) is 12.2. The van der Waals surface area contributed by atoms with Crippen molar-refractivity contribution in [1.82, 2.24) is 0 Å². The van der Waals surface area contributed by atoms with E-state index in [1.807, 2.05) is 0 Å². The lowest BCUT2D eigenvalue weighted by Crippen LogP contribution is -2.05. The van der Waals surface area contributed by atoms with E-state index in [1.54, 1.807) is 6.92 Å². The summed E-state index contributed by atoms with van der Waals surface area (Å²) in [4.78, 5) is 19.7. The van der Waals surface area contributed by atoms with Crippen LogP contribution in [0.1, 0.15) is 5.56 Å². The van der Waals surface area contributed by atoms with Crippen LogP contribution in [0.4, 0.5) is 22.7 Å². The summed E-state index contributed by atoms with van der Waals surface area (Å²) >= 11 is 0. The predicted molar refractivity (Wildman–Crippen MR) is 84.0 cm³/mol. The van der Waals surface area contributed by atoms with Crippen LogP contribution >= 0.6 is 0 Å². The average Bonchev–Trinajstić information content (AvgIpc) is 2.48. The molecule has 126 valence electrons. The maximum absolute atomic E-state index is 11.5. The van der Waals surface area contributed by atoms with Gasteiger partial charge in [0.25, 0.3) is 21.5 Å². The number of aryl methyl sites for hydroxylation is 1. The molecule has 0 bridgehead atoms. The Bertz CT molecular complexity index is 941. The van der Waals surface area contributed by atoms with Gasteiger partial charge in [0.15, 0.2) is 0 Å². The van der Waals surface area contributed by atoms with Gasteiger partial charge in [-0.25, -0.2) is 0 Å². The monoisotopic (exact) mass is 353 g/mol. The number of nitrogens with zero attached hydrogens (tertiary/aromatic N) is 2. The summed E-state index contributed by atoms with van der Waals surface area (Å²) < 4.78 is 32.2. The second-order valence-corrected chi connectivity index (χ2v) is 6.21. The highest BCUT2D eigenvalue weighted by Gasteiger charge is 2.22.